The van der Waals surface area contributed by atoms with Gasteiger partial charge in [0, 0.05) is 24.3 Å². The molecule has 1 heterocycles. The van der Waals surface area contributed by atoms with Gasteiger partial charge in [-0.2, -0.15) is 0 Å². The fourth-order valence-electron chi connectivity index (χ4n) is 3.35. The fourth-order valence-corrected chi connectivity index (χ4v) is 3.68. The van der Waals surface area contributed by atoms with Crippen molar-refractivity contribution in [2.24, 2.45) is 5.92 Å². The summed E-state index contributed by atoms with van der Waals surface area (Å²) >= 11 is 3.32. The molecule has 1 N–H and O–H groups in total. The average molecular weight is 341 g/mol. The SMILES string of the molecule is Cc1cc(F)c(Br)cc1N1CCCNC(C)(C2CC2)C1. The number of hydrogen-bond acceptors (Lipinski definition) is 2. The van der Waals surface area contributed by atoms with E-state index < -0.39 is 0 Å². The lowest BCUT2D eigenvalue weighted by atomic mass is 9.95. The summed E-state index contributed by atoms with van der Waals surface area (Å²) in [4.78, 5) is 2.43. The Balaban J connectivity index is 1.90. The van der Waals surface area contributed by atoms with Crippen molar-refractivity contribution >= 4 is 21.6 Å². The molecule has 1 saturated carbocycles. The summed E-state index contributed by atoms with van der Waals surface area (Å²) in [5.74, 6) is 0.622. The normalized spacial score (nSPS) is 27.5. The highest BCUT2D eigenvalue weighted by atomic mass is 79.9. The zero-order valence-electron chi connectivity index (χ0n) is 12.2. The molecular formula is C16H22BrFN2. The molecule has 20 heavy (non-hydrogen) atoms. The molecule has 0 radical (unpaired) electrons. The van der Waals surface area contributed by atoms with E-state index in [1.165, 1.54) is 12.8 Å². The lowest BCUT2D eigenvalue weighted by molar-refractivity contribution is 0.331. The third-order valence-electron chi connectivity index (χ3n) is 4.71. The minimum absolute atomic E-state index is 0.177. The molecule has 1 aromatic carbocycles. The van der Waals surface area contributed by atoms with E-state index in [9.17, 15) is 4.39 Å². The zero-order valence-corrected chi connectivity index (χ0v) is 13.8. The van der Waals surface area contributed by atoms with Crippen molar-refractivity contribution < 1.29 is 4.39 Å². The molecule has 110 valence electrons. The first-order valence-corrected chi connectivity index (χ1v) is 8.24. The number of benzene rings is 1. The summed E-state index contributed by atoms with van der Waals surface area (Å²) in [6, 6.07) is 3.56. The number of halogens is 2. The van der Waals surface area contributed by atoms with Crippen molar-refractivity contribution in [3.05, 3.63) is 28.0 Å². The number of nitrogens with one attached hydrogen (secondary N) is 1. The van der Waals surface area contributed by atoms with Crippen LogP contribution in [0.15, 0.2) is 16.6 Å². The van der Waals surface area contributed by atoms with Gasteiger partial charge >= 0.3 is 0 Å². The van der Waals surface area contributed by atoms with Gasteiger partial charge in [-0.3, -0.25) is 0 Å². The van der Waals surface area contributed by atoms with Crippen molar-refractivity contribution in [1.29, 1.82) is 0 Å². The van der Waals surface area contributed by atoms with Crippen LogP contribution in [-0.2, 0) is 0 Å². The predicted octanol–water partition coefficient (Wildman–Crippen LogP) is 3.87. The van der Waals surface area contributed by atoms with Gasteiger partial charge in [0.05, 0.1) is 4.47 Å². The summed E-state index contributed by atoms with van der Waals surface area (Å²) in [6.45, 7) is 7.46. The van der Waals surface area contributed by atoms with Crippen molar-refractivity contribution in [3.8, 4) is 0 Å². The molecule has 1 unspecified atom stereocenters. The van der Waals surface area contributed by atoms with Gasteiger partial charge in [0.2, 0.25) is 0 Å². The Bertz CT molecular complexity index is 515. The minimum atomic E-state index is -0.177. The van der Waals surface area contributed by atoms with Crippen LogP contribution in [0, 0.1) is 18.7 Å². The van der Waals surface area contributed by atoms with Crippen molar-refractivity contribution in [2.45, 2.75) is 38.6 Å². The summed E-state index contributed by atoms with van der Waals surface area (Å²) in [7, 11) is 0. The van der Waals surface area contributed by atoms with Gasteiger partial charge < -0.3 is 10.2 Å². The molecule has 2 aliphatic rings. The van der Waals surface area contributed by atoms with Gasteiger partial charge in [-0.25, -0.2) is 4.39 Å². The van der Waals surface area contributed by atoms with E-state index in [4.69, 9.17) is 0 Å². The van der Waals surface area contributed by atoms with Gasteiger partial charge in [-0.05, 0) is 79.2 Å². The molecule has 1 aromatic rings. The maximum atomic E-state index is 13.6. The quantitative estimate of drug-likeness (QED) is 0.879. The molecule has 2 nitrogen and oxygen atoms in total. The first-order chi connectivity index (χ1) is 9.49. The zero-order chi connectivity index (χ0) is 14.3. The van der Waals surface area contributed by atoms with E-state index >= 15 is 0 Å². The number of rotatable bonds is 2. The van der Waals surface area contributed by atoms with Crippen LogP contribution in [0.4, 0.5) is 10.1 Å². The highest BCUT2D eigenvalue weighted by molar-refractivity contribution is 9.10. The van der Waals surface area contributed by atoms with Crippen molar-refractivity contribution in [1.82, 2.24) is 5.32 Å². The monoisotopic (exact) mass is 340 g/mol. The standard InChI is InChI=1S/C16H22BrFN2/c1-11-8-14(18)13(17)9-15(11)20-7-3-6-19-16(2,10-20)12-4-5-12/h8-9,12,19H,3-7,10H2,1-2H3. The first-order valence-electron chi connectivity index (χ1n) is 7.45. The van der Waals surface area contributed by atoms with Crippen LogP contribution >= 0.6 is 15.9 Å². The molecule has 0 bridgehead atoms. The summed E-state index contributed by atoms with van der Waals surface area (Å²) < 4.78 is 14.2. The Hall–Kier alpha value is -0.610. The second-order valence-electron chi connectivity index (χ2n) is 6.45. The van der Waals surface area contributed by atoms with Gasteiger partial charge in [-0.15, -0.1) is 0 Å². The molecular weight excluding hydrogens is 319 g/mol. The molecule has 3 rings (SSSR count). The molecule has 0 amide bonds. The van der Waals surface area contributed by atoms with Crippen LogP contribution in [0.5, 0.6) is 0 Å². The second kappa shape index (κ2) is 5.30. The number of hydrogen-bond donors (Lipinski definition) is 1. The smallest absolute Gasteiger partial charge is 0.137 e. The molecule has 1 saturated heterocycles. The second-order valence-corrected chi connectivity index (χ2v) is 7.30. The first kappa shape index (κ1) is 14.3. The molecule has 1 aliphatic carbocycles. The molecule has 2 fully saturated rings. The van der Waals surface area contributed by atoms with Crippen LogP contribution in [0.25, 0.3) is 0 Å². The van der Waals surface area contributed by atoms with Gasteiger partial charge in [0.15, 0.2) is 0 Å². The maximum absolute atomic E-state index is 13.6. The third kappa shape index (κ3) is 2.73. The lowest BCUT2D eigenvalue weighted by Crippen LogP contribution is -2.51. The molecule has 4 heteroatoms. The van der Waals surface area contributed by atoms with E-state index in [0.717, 1.165) is 43.2 Å². The van der Waals surface area contributed by atoms with Gasteiger partial charge in [-0.1, -0.05) is 0 Å². The van der Waals surface area contributed by atoms with Crippen LogP contribution in [0.2, 0.25) is 0 Å². The van der Waals surface area contributed by atoms with Crippen LogP contribution in [0.1, 0.15) is 31.7 Å². The van der Waals surface area contributed by atoms with E-state index in [0.29, 0.717) is 4.47 Å². The summed E-state index contributed by atoms with van der Waals surface area (Å²) in [5, 5.41) is 3.74. The largest absolute Gasteiger partial charge is 0.369 e. The molecule has 1 atom stereocenters. The Labute approximate surface area is 128 Å². The molecule has 0 spiro atoms. The predicted molar refractivity (Wildman–Crippen MR) is 84.8 cm³/mol. The van der Waals surface area contributed by atoms with Crippen LogP contribution < -0.4 is 10.2 Å². The maximum Gasteiger partial charge on any atom is 0.137 e. The van der Waals surface area contributed by atoms with Crippen molar-refractivity contribution in [3.63, 3.8) is 0 Å². The van der Waals surface area contributed by atoms with Crippen LogP contribution in [0.3, 0.4) is 0 Å². The lowest BCUT2D eigenvalue weighted by Gasteiger charge is -2.35. The Kier molecular flexibility index (Phi) is 3.80. The topological polar surface area (TPSA) is 15.3 Å². The highest BCUT2D eigenvalue weighted by Gasteiger charge is 2.43. The molecule has 0 aromatic heterocycles. The molecule has 1 aliphatic heterocycles. The summed E-state index contributed by atoms with van der Waals surface area (Å²) in [5.41, 5.74) is 2.38. The summed E-state index contributed by atoms with van der Waals surface area (Å²) in [6.07, 6.45) is 3.81. The van der Waals surface area contributed by atoms with E-state index in [1.54, 1.807) is 6.07 Å². The van der Waals surface area contributed by atoms with Crippen molar-refractivity contribution in [2.75, 3.05) is 24.5 Å². The Morgan fingerprint density at radius 3 is 2.85 bits per heavy atom. The van der Waals surface area contributed by atoms with Gasteiger partial charge in [0.25, 0.3) is 0 Å². The highest BCUT2D eigenvalue weighted by Crippen LogP contribution is 2.41. The third-order valence-corrected chi connectivity index (χ3v) is 5.32. The van der Waals surface area contributed by atoms with E-state index in [2.05, 4.69) is 33.1 Å². The number of anilines is 1. The van der Waals surface area contributed by atoms with E-state index in [-0.39, 0.29) is 11.4 Å². The Morgan fingerprint density at radius 1 is 1.40 bits per heavy atom. The van der Waals surface area contributed by atoms with E-state index in [1.807, 2.05) is 13.0 Å². The van der Waals surface area contributed by atoms with Crippen LogP contribution in [-0.4, -0.2) is 25.2 Å². The fraction of sp³-hybridized carbons (Fsp3) is 0.625. The number of aryl methyl sites for hydroxylation is 1. The van der Waals surface area contributed by atoms with Gasteiger partial charge in [0.1, 0.15) is 5.82 Å². The minimum Gasteiger partial charge on any atom is -0.369 e. The Morgan fingerprint density at radius 2 is 2.15 bits per heavy atom. The average Bonchev–Trinajstić information content (AvgIpc) is 3.21. The number of nitrogens with zero attached hydrogens (tertiary/aromatic N) is 1.